The summed E-state index contributed by atoms with van der Waals surface area (Å²) >= 11 is 0. The Balaban J connectivity index is 0.938. The number of pyridine rings is 2. The molecule has 0 N–H and O–H groups in total. The van der Waals surface area contributed by atoms with Gasteiger partial charge in [0.05, 0.1) is 36.2 Å². The Labute approximate surface area is 254 Å². The van der Waals surface area contributed by atoms with Crippen molar-refractivity contribution >= 4 is 17.2 Å². The molecule has 10 nitrogen and oxygen atoms in total. The number of likely N-dealkylation sites (tertiary alicyclic amines) is 2. The number of nitriles is 1. The number of fused-ring (bicyclic) bond motifs is 3. The summed E-state index contributed by atoms with van der Waals surface area (Å²) in [6.45, 7) is 7.75. The summed E-state index contributed by atoms with van der Waals surface area (Å²) in [4.78, 5) is 24.1. The number of hydrogen-bond donors (Lipinski definition) is 0. The van der Waals surface area contributed by atoms with Crippen LogP contribution in [-0.2, 0) is 4.74 Å². The Morgan fingerprint density at radius 2 is 2.07 bits per heavy atom. The normalized spacial score (nSPS) is 21.8. The third kappa shape index (κ3) is 4.48. The second kappa shape index (κ2) is 10.3. The number of benzene rings is 1. The molecule has 7 heterocycles. The molecule has 11 heteroatoms. The number of aromatic nitrogens is 3. The quantitative estimate of drug-likeness (QED) is 0.321. The average molecular weight is 594 g/mol. The van der Waals surface area contributed by atoms with Gasteiger partial charge in [0.1, 0.15) is 30.1 Å². The van der Waals surface area contributed by atoms with Gasteiger partial charge >= 0.3 is 0 Å². The van der Waals surface area contributed by atoms with E-state index in [1.165, 1.54) is 6.07 Å². The zero-order valence-corrected chi connectivity index (χ0v) is 24.4. The topological polar surface area (TPSA) is 99.2 Å². The van der Waals surface area contributed by atoms with Crippen molar-refractivity contribution in [1.82, 2.24) is 24.4 Å². The molecule has 1 aromatic carbocycles. The van der Waals surface area contributed by atoms with E-state index in [0.29, 0.717) is 54.3 Å². The maximum absolute atomic E-state index is 14.0. The van der Waals surface area contributed by atoms with E-state index in [4.69, 9.17) is 14.5 Å². The number of nitrogens with zero attached hydrogens (tertiary/aromatic N) is 7. The minimum Gasteiger partial charge on any atom is -0.491 e. The first kappa shape index (κ1) is 27.0. The molecular weight excluding hydrogens is 561 g/mol. The molecule has 2 atom stereocenters. The lowest BCUT2D eigenvalue weighted by Gasteiger charge is -2.60. The number of halogens is 1. The van der Waals surface area contributed by atoms with Crippen LogP contribution in [0.25, 0.3) is 16.6 Å². The Morgan fingerprint density at radius 1 is 1.20 bits per heavy atom. The maximum atomic E-state index is 14.0. The molecular formula is C33H32FN7O3. The number of amides is 1. The number of carbonyl (C=O) groups excluding carboxylic acids is 1. The van der Waals surface area contributed by atoms with Gasteiger partial charge in [-0.15, -0.1) is 0 Å². The van der Waals surface area contributed by atoms with Crippen molar-refractivity contribution in [3.63, 3.8) is 0 Å². The molecule has 0 unspecified atom stereocenters. The molecule has 3 aromatic heterocycles. The highest BCUT2D eigenvalue weighted by molar-refractivity contribution is 5.96. The third-order valence-corrected chi connectivity index (χ3v) is 9.64. The van der Waals surface area contributed by atoms with E-state index in [9.17, 15) is 14.4 Å². The highest BCUT2D eigenvalue weighted by Crippen LogP contribution is 2.42. The number of morpholine rings is 1. The van der Waals surface area contributed by atoms with Crippen LogP contribution in [0.1, 0.15) is 27.9 Å². The van der Waals surface area contributed by atoms with Gasteiger partial charge in [-0.1, -0.05) is 6.07 Å². The number of rotatable bonds is 7. The van der Waals surface area contributed by atoms with Gasteiger partial charge in [0.25, 0.3) is 5.91 Å². The van der Waals surface area contributed by atoms with Crippen LogP contribution in [0.4, 0.5) is 10.2 Å². The standard InChI is InChI=1S/C33H32FN7O3/c1-21-27(3-2-4-29(21)34)32(42)40-19-33(20-40)17-39(18-33)30-6-5-22(12-36-30)28-10-26(15-41-31(28)23(11-35)13-37-41)43-8-7-38-14-25-9-24(38)16-44-25/h2-6,10,12-13,15,24-25H,7-9,14,16-20H2,1H3/t24-,25-/m0/s1. The Bertz CT molecular complexity index is 1800. The first-order valence-corrected chi connectivity index (χ1v) is 15.1. The molecule has 4 aliphatic heterocycles. The van der Waals surface area contributed by atoms with Crippen LogP contribution >= 0.6 is 0 Å². The maximum Gasteiger partial charge on any atom is 0.254 e. The molecule has 224 valence electrons. The second-order valence-corrected chi connectivity index (χ2v) is 12.6. The molecule has 4 fully saturated rings. The van der Waals surface area contributed by atoms with Crippen LogP contribution in [0.15, 0.2) is 55.0 Å². The molecule has 0 aliphatic carbocycles. The number of carbonyl (C=O) groups is 1. The molecule has 4 saturated heterocycles. The highest BCUT2D eigenvalue weighted by Gasteiger charge is 2.53. The van der Waals surface area contributed by atoms with Gasteiger partial charge in [0.2, 0.25) is 0 Å². The first-order chi connectivity index (χ1) is 21.4. The fraction of sp³-hybridized carbons (Fsp3) is 0.394. The molecule has 4 aromatic rings. The van der Waals surface area contributed by atoms with Crippen LogP contribution in [0.5, 0.6) is 5.75 Å². The number of ether oxygens (including phenoxy) is 2. The van der Waals surface area contributed by atoms with Crippen LogP contribution in [0.2, 0.25) is 0 Å². The van der Waals surface area contributed by atoms with Gasteiger partial charge in [-0.2, -0.15) is 10.4 Å². The minimum atomic E-state index is -0.354. The molecule has 8 rings (SSSR count). The monoisotopic (exact) mass is 593 g/mol. The van der Waals surface area contributed by atoms with Crippen LogP contribution in [0, 0.1) is 29.5 Å². The van der Waals surface area contributed by atoms with Crippen LogP contribution in [0.3, 0.4) is 0 Å². The summed E-state index contributed by atoms with van der Waals surface area (Å²) in [7, 11) is 0. The van der Waals surface area contributed by atoms with Gasteiger partial charge < -0.3 is 19.3 Å². The van der Waals surface area contributed by atoms with E-state index in [-0.39, 0.29) is 17.1 Å². The summed E-state index contributed by atoms with van der Waals surface area (Å²) in [6, 6.07) is 13.4. The summed E-state index contributed by atoms with van der Waals surface area (Å²) in [5, 5.41) is 14.2. The van der Waals surface area contributed by atoms with Crippen LogP contribution < -0.4 is 9.64 Å². The lowest BCUT2D eigenvalue weighted by atomic mass is 9.72. The van der Waals surface area contributed by atoms with Crippen molar-refractivity contribution in [3.8, 4) is 22.9 Å². The van der Waals surface area contributed by atoms with E-state index in [1.54, 1.807) is 34.7 Å². The van der Waals surface area contributed by atoms with Crippen molar-refractivity contribution in [2.45, 2.75) is 25.5 Å². The van der Waals surface area contributed by atoms with E-state index in [2.05, 4.69) is 21.0 Å². The zero-order chi connectivity index (χ0) is 30.0. The highest BCUT2D eigenvalue weighted by atomic mass is 19.1. The van der Waals surface area contributed by atoms with Crippen molar-refractivity contribution in [3.05, 3.63) is 77.5 Å². The Hall–Kier alpha value is -4.53. The third-order valence-electron chi connectivity index (χ3n) is 9.64. The number of hydrogen-bond acceptors (Lipinski definition) is 8. The van der Waals surface area contributed by atoms with Gasteiger partial charge in [0, 0.05) is 73.6 Å². The minimum absolute atomic E-state index is 0.0516. The molecule has 4 aliphatic rings. The van der Waals surface area contributed by atoms with Gasteiger partial charge in [0.15, 0.2) is 0 Å². The SMILES string of the molecule is Cc1c(F)cccc1C(=O)N1CC2(C1)CN(c1ccc(-c3cc(OCCN4C[C@@H]5C[C@H]4CO5)cn4ncc(C#N)c34)cn1)C2. The fourth-order valence-corrected chi connectivity index (χ4v) is 7.29. The summed E-state index contributed by atoms with van der Waals surface area (Å²) < 4.78 is 27.6. The van der Waals surface area contributed by atoms with E-state index < -0.39 is 0 Å². The summed E-state index contributed by atoms with van der Waals surface area (Å²) in [5.41, 5.74) is 3.81. The lowest BCUT2D eigenvalue weighted by Crippen LogP contribution is -2.73. The lowest BCUT2D eigenvalue weighted by molar-refractivity contribution is -0.0108. The zero-order valence-electron chi connectivity index (χ0n) is 24.4. The average Bonchev–Trinajstić information content (AvgIpc) is 3.73. The summed E-state index contributed by atoms with van der Waals surface area (Å²) in [6.07, 6.45) is 6.70. The van der Waals surface area contributed by atoms with Gasteiger partial charge in [-0.3, -0.25) is 9.69 Å². The van der Waals surface area contributed by atoms with Crippen molar-refractivity contribution in [1.29, 1.82) is 5.26 Å². The predicted molar refractivity (Wildman–Crippen MR) is 160 cm³/mol. The Morgan fingerprint density at radius 3 is 2.80 bits per heavy atom. The van der Waals surface area contributed by atoms with E-state index in [0.717, 1.165) is 61.7 Å². The van der Waals surface area contributed by atoms with Gasteiger partial charge in [-0.25, -0.2) is 13.9 Å². The first-order valence-electron chi connectivity index (χ1n) is 15.1. The second-order valence-electron chi connectivity index (χ2n) is 12.6. The fourth-order valence-electron chi connectivity index (χ4n) is 7.29. The van der Waals surface area contributed by atoms with Gasteiger partial charge in [-0.05, 0) is 49.2 Å². The van der Waals surface area contributed by atoms with Crippen LogP contribution in [-0.4, -0.2) is 94.9 Å². The molecule has 1 amide bonds. The molecule has 44 heavy (non-hydrogen) atoms. The molecule has 0 saturated carbocycles. The van der Waals surface area contributed by atoms with E-state index >= 15 is 0 Å². The molecule has 0 radical (unpaired) electrons. The smallest absolute Gasteiger partial charge is 0.254 e. The summed E-state index contributed by atoms with van der Waals surface area (Å²) in [5.74, 6) is 1.09. The molecule has 1 spiro atoms. The largest absolute Gasteiger partial charge is 0.491 e. The molecule has 2 bridgehead atoms. The number of anilines is 1. The predicted octanol–water partition coefficient (Wildman–Crippen LogP) is 3.53. The van der Waals surface area contributed by atoms with Crippen molar-refractivity contribution in [2.24, 2.45) is 5.41 Å². The Kier molecular flexibility index (Phi) is 6.32. The van der Waals surface area contributed by atoms with E-state index in [1.807, 2.05) is 30.6 Å². The van der Waals surface area contributed by atoms with Crippen molar-refractivity contribution in [2.75, 3.05) is 57.4 Å². The van der Waals surface area contributed by atoms with Crippen molar-refractivity contribution < 1.29 is 18.7 Å².